The van der Waals surface area contributed by atoms with E-state index in [1.807, 2.05) is 0 Å². The Bertz CT molecular complexity index is 1540. The second-order valence-electron chi connectivity index (χ2n) is 7.72. The predicted molar refractivity (Wildman–Crippen MR) is 123 cm³/mol. The van der Waals surface area contributed by atoms with Crippen LogP contribution in [0.3, 0.4) is 0 Å². The zero-order valence-electron chi connectivity index (χ0n) is 18.5. The van der Waals surface area contributed by atoms with Gasteiger partial charge in [0, 0.05) is 10.9 Å². The number of nitrogens with zero attached hydrogens (tertiary/aromatic N) is 3. The fourth-order valence-corrected chi connectivity index (χ4v) is 3.75. The second-order valence-corrected chi connectivity index (χ2v) is 8.13. The summed E-state index contributed by atoms with van der Waals surface area (Å²) in [6, 6.07) is 15.0. The number of aromatic nitrogens is 2. The van der Waals surface area contributed by atoms with E-state index < -0.39 is 41.6 Å². The Hall–Kier alpha value is -4.30. The molecule has 0 unspecified atom stereocenters. The van der Waals surface area contributed by atoms with Crippen molar-refractivity contribution in [1.29, 1.82) is 5.26 Å². The van der Waals surface area contributed by atoms with Crippen LogP contribution in [0.1, 0.15) is 27.0 Å². The SMILES string of the molecule is N#Cc1ccc(C(F)(F)CNC(=O)c2c(Oc3cccc(C(F)(F)F)c3)nnc3ccccc23)c(Cl)c1. The van der Waals surface area contributed by atoms with Gasteiger partial charge in [-0.15, -0.1) is 10.2 Å². The van der Waals surface area contributed by atoms with E-state index in [4.69, 9.17) is 21.6 Å². The summed E-state index contributed by atoms with van der Waals surface area (Å²) in [6.07, 6.45) is -4.65. The smallest absolute Gasteiger partial charge is 0.416 e. The van der Waals surface area contributed by atoms with Crippen molar-refractivity contribution >= 4 is 28.4 Å². The van der Waals surface area contributed by atoms with Crippen molar-refractivity contribution in [2.45, 2.75) is 12.1 Å². The molecule has 0 aliphatic rings. The van der Waals surface area contributed by atoms with Crippen molar-refractivity contribution in [2.75, 3.05) is 6.54 Å². The van der Waals surface area contributed by atoms with Crippen molar-refractivity contribution in [3.8, 4) is 17.7 Å². The van der Waals surface area contributed by atoms with Gasteiger partial charge in [0.05, 0.1) is 34.3 Å². The van der Waals surface area contributed by atoms with Gasteiger partial charge in [0.2, 0.25) is 0 Å². The van der Waals surface area contributed by atoms with Crippen LogP contribution < -0.4 is 10.1 Å². The highest BCUT2D eigenvalue weighted by Crippen LogP contribution is 2.35. The van der Waals surface area contributed by atoms with Gasteiger partial charge in [0.15, 0.2) is 0 Å². The lowest BCUT2D eigenvalue weighted by Gasteiger charge is -2.19. The minimum Gasteiger partial charge on any atom is -0.437 e. The van der Waals surface area contributed by atoms with Crippen molar-refractivity contribution in [1.82, 2.24) is 15.5 Å². The maximum absolute atomic E-state index is 14.9. The molecule has 0 atom stereocenters. The van der Waals surface area contributed by atoms with Crippen LogP contribution in [-0.2, 0) is 12.1 Å². The molecule has 0 aliphatic carbocycles. The summed E-state index contributed by atoms with van der Waals surface area (Å²) in [7, 11) is 0. The zero-order valence-corrected chi connectivity index (χ0v) is 19.2. The number of ether oxygens (including phenoxy) is 1. The predicted octanol–water partition coefficient (Wildman–Crippen LogP) is 6.49. The molecular weight excluding hydrogens is 519 g/mol. The first kappa shape index (κ1) is 25.8. The van der Waals surface area contributed by atoms with E-state index in [0.29, 0.717) is 6.07 Å². The van der Waals surface area contributed by atoms with Crippen molar-refractivity contribution in [3.05, 3.63) is 94.0 Å². The molecule has 37 heavy (non-hydrogen) atoms. The summed E-state index contributed by atoms with van der Waals surface area (Å²) >= 11 is 5.90. The Morgan fingerprint density at radius 2 is 1.76 bits per heavy atom. The number of nitriles is 1. The molecule has 6 nitrogen and oxygen atoms in total. The van der Waals surface area contributed by atoms with Crippen LogP contribution in [0.4, 0.5) is 22.0 Å². The average molecular weight is 533 g/mol. The summed E-state index contributed by atoms with van der Waals surface area (Å²) in [5, 5.41) is 18.5. The Labute approximate surface area is 211 Å². The van der Waals surface area contributed by atoms with E-state index in [0.717, 1.165) is 30.3 Å². The molecular formula is C25H14ClF5N4O2. The van der Waals surface area contributed by atoms with Crippen molar-refractivity contribution in [3.63, 3.8) is 0 Å². The molecule has 1 aromatic heterocycles. The molecule has 4 aromatic rings. The number of hydrogen-bond acceptors (Lipinski definition) is 5. The lowest BCUT2D eigenvalue weighted by molar-refractivity contribution is -0.137. The molecule has 1 amide bonds. The van der Waals surface area contributed by atoms with Crippen LogP contribution in [0.2, 0.25) is 5.02 Å². The molecule has 0 aliphatic heterocycles. The number of carbonyl (C=O) groups excluding carboxylic acids is 1. The second kappa shape index (κ2) is 9.99. The van der Waals surface area contributed by atoms with E-state index in [-0.39, 0.29) is 32.8 Å². The van der Waals surface area contributed by atoms with Crippen LogP contribution in [0, 0.1) is 11.3 Å². The van der Waals surface area contributed by atoms with Crippen LogP contribution in [0.25, 0.3) is 10.9 Å². The molecule has 12 heteroatoms. The third-order valence-corrected chi connectivity index (χ3v) is 5.51. The first-order valence-corrected chi connectivity index (χ1v) is 10.8. The fourth-order valence-electron chi connectivity index (χ4n) is 3.43. The molecule has 1 N–H and O–H groups in total. The summed E-state index contributed by atoms with van der Waals surface area (Å²) in [5.74, 6) is -5.42. The first-order chi connectivity index (χ1) is 17.5. The number of alkyl halides is 5. The third kappa shape index (κ3) is 5.59. The van der Waals surface area contributed by atoms with Gasteiger partial charge >= 0.3 is 6.18 Å². The summed E-state index contributed by atoms with van der Waals surface area (Å²) in [4.78, 5) is 13.1. The molecule has 3 aromatic carbocycles. The fraction of sp³-hybridized carbons (Fsp3) is 0.120. The number of amides is 1. The number of halogens is 6. The van der Waals surface area contributed by atoms with Crippen molar-refractivity contribution < 1.29 is 31.5 Å². The first-order valence-electron chi connectivity index (χ1n) is 10.5. The highest BCUT2D eigenvalue weighted by Gasteiger charge is 2.35. The van der Waals surface area contributed by atoms with Crippen molar-refractivity contribution in [2.24, 2.45) is 0 Å². The van der Waals surface area contributed by atoms with Crippen LogP contribution >= 0.6 is 11.6 Å². The van der Waals surface area contributed by atoms with Crippen LogP contribution in [0.5, 0.6) is 11.6 Å². The van der Waals surface area contributed by atoms with Gasteiger partial charge in [0.1, 0.15) is 11.3 Å². The standard InChI is InChI=1S/C25H14ClF5N4O2/c26-19-10-14(12-32)8-9-18(19)24(27,28)13-33-22(36)21-17-6-1-2-7-20(17)34-35-23(21)37-16-5-3-4-15(11-16)25(29,30)31/h1-11H,13H2,(H,33,36). The van der Waals surface area contributed by atoms with Crippen LogP contribution in [0.15, 0.2) is 66.7 Å². The summed E-state index contributed by atoms with van der Waals surface area (Å²) < 4.78 is 74.6. The molecule has 0 spiro atoms. The molecule has 0 saturated heterocycles. The van der Waals surface area contributed by atoms with Gasteiger partial charge in [-0.05, 0) is 36.4 Å². The van der Waals surface area contributed by atoms with Gasteiger partial charge in [0.25, 0.3) is 17.7 Å². The Balaban J connectivity index is 1.66. The average Bonchev–Trinajstić information content (AvgIpc) is 2.86. The lowest BCUT2D eigenvalue weighted by atomic mass is 10.1. The minimum absolute atomic E-state index is 0.0827. The van der Waals surface area contributed by atoms with Crippen LogP contribution in [-0.4, -0.2) is 22.6 Å². The highest BCUT2D eigenvalue weighted by molar-refractivity contribution is 6.31. The molecule has 0 fully saturated rings. The van der Waals surface area contributed by atoms with Gasteiger partial charge < -0.3 is 10.1 Å². The monoisotopic (exact) mass is 532 g/mol. The maximum Gasteiger partial charge on any atom is 0.416 e. The molecule has 1 heterocycles. The van der Waals surface area contributed by atoms with E-state index >= 15 is 0 Å². The zero-order chi connectivity index (χ0) is 26.8. The Morgan fingerprint density at radius 3 is 2.46 bits per heavy atom. The number of nitrogens with one attached hydrogen (secondary N) is 1. The van der Waals surface area contributed by atoms with E-state index in [1.165, 1.54) is 18.2 Å². The van der Waals surface area contributed by atoms with E-state index in [2.05, 4.69) is 15.5 Å². The summed E-state index contributed by atoms with van der Waals surface area (Å²) in [5.41, 5.74) is -1.59. The number of rotatable bonds is 6. The topological polar surface area (TPSA) is 87.9 Å². The number of fused-ring (bicyclic) bond motifs is 1. The Kier molecular flexibility index (Phi) is 6.96. The highest BCUT2D eigenvalue weighted by atomic mass is 35.5. The number of carbonyl (C=O) groups is 1. The largest absolute Gasteiger partial charge is 0.437 e. The molecule has 188 valence electrons. The van der Waals surface area contributed by atoms with E-state index in [9.17, 15) is 26.7 Å². The molecule has 4 rings (SSSR count). The molecule has 0 saturated carbocycles. The van der Waals surface area contributed by atoms with Gasteiger partial charge in [-0.2, -0.15) is 27.2 Å². The number of hydrogen-bond donors (Lipinski definition) is 1. The molecule has 0 radical (unpaired) electrons. The quantitative estimate of drug-likeness (QED) is 0.287. The Morgan fingerprint density at radius 1 is 1.00 bits per heavy atom. The van der Waals surface area contributed by atoms with Gasteiger partial charge in [-0.25, -0.2) is 0 Å². The van der Waals surface area contributed by atoms with Gasteiger partial charge in [-0.1, -0.05) is 41.9 Å². The molecule has 0 bridgehead atoms. The number of benzene rings is 3. The lowest BCUT2D eigenvalue weighted by Crippen LogP contribution is -2.35. The third-order valence-electron chi connectivity index (χ3n) is 5.20. The summed E-state index contributed by atoms with van der Waals surface area (Å²) in [6.45, 7) is -1.18. The van der Waals surface area contributed by atoms with E-state index in [1.54, 1.807) is 18.2 Å². The minimum atomic E-state index is -4.65. The normalized spacial score (nSPS) is 11.7. The van der Waals surface area contributed by atoms with Gasteiger partial charge in [-0.3, -0.25) is 4.79 Å². The maximum atomic E-state index is 14.9.